The van der Waals surface area contributed by atoms with Crippen molar-refractivity contribution in [2.24, 2.45) is 0 Å². The van der Waals surface area contributed by atoms with Crippen LogP contribution in [-0.2, 0) is 11.3 Å². The molecule has 26 heavy (non-hydrogen) atoms. The molecule has 0 unspecified atom stereocenters. The van der Waals surface area contributed by atoms with Crippen molar-refractivity contribution in [2.45, 2.75) is 25.5 Å². The zero-order valence-corrected chi connectivity index (χ0v) is 14.5. The minimum absolute atomic E-state index is 0.0526. The zero-order valence-electron chi connectivity index (χ0n) is 14.5. The molecule has 3 rings (SSSR count). The number of hydrogen-bond donors (Lipinski definition) is 1. The Hall–Kier alpha value is -2.67. The van der Waals surface area contributed by atoms with E-state index in [4.69, 9.17) is 9.15 Å². The highest BCUT2D eigenvalue weighted by Gasteiger charge is 2.26. The van der Waals surface area contributed by atoms with Gasteiger partial charge in [0.1, 0.15) is 18.2 Å². The van der Waals surface area contributed by atoms with Crippen LogP contribution in [0.5, 0.6) is 0 Å². The summed E-state index contributed by atoms with van der Waals surface area (Å²) in [5.41, 5.74) is 0.0799. The normalized spacial score (nSPS) is 15.1. The molecular weight excluding hydrogens is 339 g/mol. The van der Waals surface area contributed by atoms with Crippen LogP contribution >= 0.6 is 0 Å². The Morgan fingerprint density at radius 1 is 1.23 bits per heavy atom. The van der Waals surface area contributed by atoms with Crippen molar-refractivity contribution < 1.29 is 23.1 Å². The second-order valence-electron chi connectivity index (χ2n) is 6.22. The molecule has 2 amide bonds. The van der Waals surface area contributed by atoms with Gasteiger partial charge in [-0.1, -0.05) is 12.1 Å². The number of halogens is 1. The molecule has 0 atom stereocenters. The average molecular weight is 360 g/mol. The summed E-state index contributed by atoms with van der Waals surface area (Å²) in [5.74, 6) is -0.295. The molecule has 0 radical (unpaired) electrons. The van der Waals surface area contributed by atoms with Gasteiger partial charge < -0.3 is 19.4 Å². The Labute approximate surface area is 150 Å². The Balaban J connectivity index is 1.52. The molecule has 1 aliphatic heterocycles. The van der Waals surface area contributed by atoms with Gasteiger partial charge >= 0.3 is 0 Å². The van der Waals surface area contributed by atoms with Crippen molar-refractivity contribution >= 4 is 11.8 Å². The van der Waals surface area contributed by atoms with Crippen molar-refractivity contribution in [3.05, 3.63) is 59.3 Å². The molecular formula is C19H21FN2O4. The lowest BCUT2D eigenvalue weighted by atomic mass is 10.0. The number of amides is 2. The molecule has 138 valence electrons. The van der Waals surface area contributed by atoms with Gasteiger partial charge in [-0.05, 0) is 37.1 Å². The average Bonchev–Trinajstić information content (AvgIpc) is 3.11. The third kappa shape index (κ3) is 4.11. The molecule has 1 N–H and O–H groups in total. The highest BCUT2D eigenvalue weighted by atomic mass is 19.1. The van der Waals surface area contributed by atoms with E-state index in [1.807, 2.05) is 0 Å². The van der Waals surface area contributed by atoms with Gasteiger partial charge in [-0.25, -0.2) is 4.39 Å². The minimum atomic E-state index is -0.516. The maximum atomic E-state index is 13.8. The topological polar surface area (TPSA) is 71.8 Å². The summed E-state index contributed by atoms with van der Waals surface area (Å²) in [5, 5.41) is 2.92. The van der Waals surface area contributed by atoms with E-state index in [-0.39, 0.29) is 29.2 Å². The van der Waals surface area contributed by atoms with Crippen LogP contribution in [0.25, 0.3) is 0 Å². The van der Waals surface area contributed by atoms with Gasteiger partial charge in [0.05, 0.1) is 5.56 Å². The van der Waals surface area contributed by atoms with E-state index < -0.39 is 5.82 Å². The van der Waals surface area contributed by atoms with E-state index in [2.05, 4.69) is 5.32 Å². The maximum Gasteiger partial charge on any atom is 0.287 e. The summed E-state index contributed by atoms with van der Waals surface area (Å²) in [6, 6.07) is 9.23. The van der Waals surface area contributed by atoms with Crippen LogP contribution in [0.1, 0.15) is 39.5 Å². The lowest BCUT2D eigenvalue weighted by Crippen LogP contribution is -2.46. The number of carbonyl (C=O) groups excluding carboxylic acids is 2. The van der Waals surface area contributed by atoms with Crippen molar-refractivity contribution in [1.29, 1.82) is 0 Å². The Kier molecular flexibility index (Phi) is 5.68. The van der Waals surface area contributed by atoms with Crippen LogP contribution in [-0.4, -0.2) is 43.0 Å². The first-order valence-corrected chi connectivity index (χ1v) is 8.51. The van der Waals surface area contributed by atoms with Crippen LogP contribution in [0.3, 0.4) is 0 Å². The van der Waals surface area contributed by atoms with E-state index in [9.17, 15) is 14.0 Å². The Morgan fingerprint density at radius 3 is 2.65 bits per heavy atom. The lowest BCUT2D eigenvalue weighted by molar-refractivity contribution is 0.0691. The lowest BCUT2D eigenvalue weighted by Gasteiger charge is -2.32. The fraction of sp³-hybridized carbons (Fsp3) is 0.368. The number of piperidine rings is 1. The summed E-state index contributed by atoms with van der Waals surface area (Å²) < 4.78 is 24.1. The van der Waals surface area contributed by atoms with Gasteiger partial charge in [0.25, 0.3) is 11.8 Å². The van der Waals surface area contributed by atoms with E-state index in [0.29, 0.717) is 38.3 Å². The SMILES string of the molecule is COCc1ccc(C(=O)NC2CCN(C(=O)c3ccccc3F)CC2)o1. The van der Waals surface area contributed by atoms with Gasteiger partial charge in [-0.3, -0.25) is 9.59 Å². The smallest absolute Gasteiger partial charge is 0.287 e. The van der Waals surface area contributed by atoms with E-state index in [1.54, 1.807) is 36.3 Å². The van der Waals surface area contributed by atoms with Gasteiger partial charge in [0, 0.05) is 26.2 Å². The molecule has 0 bridgehead atoms. The van der Waals surface area contributed by atoms with Crippen LogP contribution < -0.4 is 5.32 Å². The van der Waals surface area contributed by atoms with Crippen molar-refractivity contribution in [2.75, 3.05) is 20.2 Å². The number of nitrogens with zero attached hydrogens (tertiary/aromatic N) is 1. The van der Waals surface area contributed by atoms with Crippen LogP contribution in [0.15, 0.2) is 40.8 Å². The predicted octanol–water partition coefficient (Wildman–Crippen LogP) is 2.60. The van der Waals surface area contributed by atoms with Crippen LogP contribution in [0, 0.1) is 5.82 Å². The number of benzene rings is 1. The fourth-order valence-corrected chi connectivity index (χ4v) is 3.01. The third-order valence-corrected chi connectivity index (χ3v) is 4.39. The van der Waals surface area contributed by atoms with E-state index in [1.165, 1.54) is 12.1 Å². The molecule has 1 aromatic carbocycles. The molecule has 1 aromatic heterocycles. The number of carbonyl (C=O) groups is 2. The zero-order chi connectivity index (χ0) is 18.5. The van der Waals surface area contributed by atoms with E-state index >= 15 is 0 Å². The number of rotatable bonds is 5. The molecule has 1 saturated heterocycles. The maximum absolute atomic E-state index is 13.8. The van der Waals surface area contributed by atoms with Crippen LogP contribution in [0.2, 0.25) is 0 Å². The minimum Gasteiger partial charge on any atom is -0.453 e. The molecule has 0 spiro atoms. The summed E-state index contributed by atoms with van der Waals surface area (Å²) in [4.78, 5) is 26.3. The number of likely N-dealkylation sites (tertiary alicyclic amines) is 1. The number of nitrogens with one attached hydrogen (secondary N) is 1. The number of furan rings is 1. The second-order valence-corrected chi connectivity index (χ2v) is 6.22. The van der Waals surface area contributed by atoms with E-state index in [0.717, 1.165) is 0 Å². The molecule has 0 saturated carbocycles. The number of methoxy groups -OCH3 is 1. The van der Waals surface area contributed by atoms with Gasteiger partial charge in [-0.2, -0.15) is 0 Å². The Bertz CT molecular complexity index is 781. The first kappa shape index (κ1) is 18.1. The summed E-state index contributed by atoms with van der Waals surface area (Å²) >= 11 is 0. The van der Waals surface area contributed by atoms with Gasteiger partial charge in [0.2, 0.25) is 0 Å². The molecule has 1 fully saturated rings. The molecule has 2 heterocycles. The second kappa shape index (κ2) is 8.14. The number of ether oxygens (including phenoxy) is 1. The van der Waals surface area contributed by atoms with Crippen molar-refractivity contribution in [3.8, 4) is 0 Å². The third-order valence-electron chi connectivity index (χ3n) is 4.39. The van der Waals surface area contributed by atoms with Crippen LogP contribution in [0.4, 0.5) is 4.39 Å². The Morgan fingerprint density at radius 2 is 1.96 bits per heavy atom. The largest absolute Gasteiger partial charge is 0.453 e. The fourth-order valence-electron chi connectivity index (χ4n) is 3.01. The quantitative estimate of drug-likeness (QED) is 0.890. The molecule has 2 aromatic rings. The first-order valence-electron chi connectivity index (χ1n) is 8.51. The molecule has 6 nitrogen and oxygen atoms in total. The molecule has 1 aliphatic rings. The van der Waals surface area contributed by atoms with Gasteiger partial charge in [0.15, 0.2) is 5.76 Å². The molecule has 0 aliphatic carbocycles. The standard InChI is InChI=1S/C19H21FN2O4/c1-25-12-14-6-7-17(26-14)18(23)21-13-8-10-22(11-9-13)19(24)15-4-2-3-5-16(15)20/h2-7,13H,8-12H2,1H3,(H,21,23). The first-order chi connectivity index (χ1) is 12.6. The van der Waals surface area contributed by atoms with Crippen molar-refractivity contribution in [3.63, 3.8) is 0 Å². The summed E-state index contributed by atoms with van der Waals surface area (Å²) in [7, 11) is 1.55. The summed E-state index contributed by atoms with van der Waals surface area (Å²) in [6.07, 6.45) is 1.22. The number of hydrogen-bond acceptors (Lipinski definition) is 4. The van der Waals surface area contributed by atoms with Crippen molar-refractivity contribution in [1.82, 2.24) is 10.2 Å². The molecule has 7 heteroatoms. The highest BCUT2D eigenvalue weighted by molar-refractivity contribution is 5.94. The van der Waals surface area contributed by atoms with Gasteiger partial charge in [-0.15, -0.1) is 0 Å². The highest BCUT2D eigenvalue weighted by Crippen LogP contribution is 2.17. The monoisotopic (exact) mass is 360 g/mol. The summed E-state index contributed by atoms with van der Waals surface area (Å²) in [6.45, 7) is 1.24. The predicted molar refractivity (Wildman–Crippen MR) is 92.2 cm³/mol.